The van der Waals surface area contributed by atoms with Crippen molar-refractivity contribution < 1.29 is 4.42 Å². The van der Waals surface area contributed by atoms with Crippen molar-refractivity contribution in [2.45, 2.75) is 19.4 Å². The van der Waals surface area contributed by atoms with Crippen LogP contribution in [-0.4, -0.2) is 16.1 Å². The first-order valence-electron chi connectivity index (χ1n) is 6.18. The summed E-state index contributed by atoms with van der Waals surface area (Å²) in [6.07, 6.45) is 10.6. The van der Waals surface area contributed by atoms with E-state index < -0.39 is 0 Å². The van der Waals surface area contributed by atoms with Crippen molar-refractivity contribution in [3.8, 4) is 0 Å². The van der Waals surface area contributed by atoms with Gasteiger partial charge in [0, 0.05) is 19.4 Å². The summed E-state index contributed by atoms with van der Waals surface area (Å²) in [7, 11) is 1.99. The maximum atomic E-state index is 5.50. The second kappa shape index (κ2) is 6.21. The summed E-state index contributed by atoms with van der Waals surface area (Å²) in [6.45, 7) is 2.92. The standard InChI is InChI=1S/C14H19N3O/c1-3-4-5-8-15-13(12-7-6-11-18-12)14-16-9-10-17(14)2/h3-4,6-7,9-11,13,15H,5,8H2,1-2H3/b4-3+. The topological polar surface area (TPSA) is 43.0 Å². The van der Waals surface area contributed by atoms with Crippen LogP contribution in [0.1, 0.15) is 31.0 Å². The summed E-state index contributed by atoms with van der Waals surface area (Å²) in [5.74, 6) is 1.86. The largest absolute Gasteiger partial charge is 0.467 e. The highest BCUT2D eigenvalue weighted by Gasteiger charge is 2.19. The van der Waals surface area contributed by atoms with Crippen molar-refractivity contribution in [1.82, 2.24) is 14.9 Å². The van der Waals surface area contributed by atoms with Gasteiger partial charge >= 0.3 is 0 Å². The number of aryl methyl sites for hydroxylation is 1. The molecule has 1 unspecified atom stereocenters. The van der Waals surface area contributed by atoms with Gasteiger partial charge in [-0.15, -0.1) is 0 Å². The molecule has 0 saturated heterocycles. The number of hydrogen-bond donors (Lipinski definition) is 1. The zero-order valence-electron chi connectivity index (χ0n) is 10.8. The number of furan rings is 1. The minimum absolute atomic E-state index is 0.00487. The second-order valence-corrected chi connectivity index (χ2v) is 4.16. The van der Waals surface area contributed by atoms with Crippen LogP contribution in [-0.2, 0) is 7.05 Å². The van der Waals surface area contributed by atoms with Crippen LogP contribution in [0.3, 0.4) is 0 Å². The monoisotopic (exact) mass is 245 g/mol. The Morgan fingerprint density at radius 2 is 2.44 bits per heavy atom. The molecule has 2 rings (SSSR count). The summed E-state index contributed by atoms with van der Waals surface area (Å²) in [6, 6.07) is 3.88. The lowest BCUT2D eigenvalue weighted by Gasteiger charge is -2.16. The highest BCUT2D eigenvalue weighted by Crippen LogP contribution is 2.20. The number of hydrogen-bond acceptors (Lipinski definition) is 3. The van der Waals surface area contributed by atoms with Crippen LogP contribution in [0.5, 0.6) is 0 Å². The van der Waals surface area contributed by atoms with Crippen LogP contribution < -0.4 is 5.32 Å². The predicted molar refractivity (Wildman–Crippen MR) is 71.2 cm³/mol. The van der Waals surface area contributed by atoms with Gasteiger partial charge < -0.3 is 14.3 Å². The van der Waals surface area contributed by atoms with Gasteiger partial charge in [-0.2, -0.15) is 0 Å². The molecule has 4 nitrogen and oxygen atoms in total. The van der Waals surface area contributed by atoms with Crippen molar-refractivity contribution >= 4 is 0 Å². The van der Waals surface area contributed by atoms with Gasteiger partial charge in [0.25, 0.3) is 0 Å². The second-order valence-electron chi connectivity index (χ2n) is 4.16. The SMILES string of the molecule is C/C=C/CCNC(c1ccco1)c1nccn1C. The number of aromatic nitrogens is 2. The fraction of sp³-hybridized carbons (Fsp3) is 0.357. The van der Waals surface area contributed by atoms with E-state index in [4.69, 9.17) is 4.42 Å². The third-order valence-electron chi connectivity index (χ3n) is 2.84. The molecule has 0 amide bonds. The molecule has 0 saturated carbocycles. The Kier molecular flexibility index (Phi) is 4.36. The first-order chi connectivity index (χ1) is 8.83. The Hall–Kier alpha value is -1.81. The third-order valence-corrected chi connectivity index (χ3v) is 2.84. The smallest absolute Gasteiger partial charge is 0.133 e. The molecule has 1 atom stereocenters. The van der Waals surface area contributed by atoms with Crippen molar-refractivity contribution in [3.05, 3.63) is 54.5 Å². The Balaban J connectivity index is 2.12. The van der Waals surface area contributed by atoms with Gasteiger partial charge in [-0.1, -0.05) is 12.2 Å². The first-order valence-corrected chi connectivity index (χ1v) is 6.18. The molecule has 2 aromatic rings. The van der Waals surface area contributed by atoms with E-state index in [1.807, 2.05) is 36.9 Å². The highest BCUT2D eigenvalue weighted by molar-refractivity contribution is 5.15. The van der Waals surface area contributed by atoms with E-state index in [2.05, 4.69) is 22.5 Å². The molecule has 1 N–H and O–H groups in total. The molecule has 0 fully saturated rings. The van der Waals surface area contributed by atoms with Gasteiger partial charge in [-0.05, 0) is 32.0 Å². The Morgan fingerprint density at radius 1 is 1.56 bits per heavy atom. The average molecular weight is 245 g/mol. The molecule has 2 heterocycles. The molecule has 4 heteroatoms. The number of imidazole rings is 1. The predicted octanol–water partition coefficient (Wildman–Crippen LogP) is 2.66. The Bertz CT molecular complexity index is 485. The summed E-state index contributed by atoms with van der Waals surface area (Å²) in [5.41, 5.74) is 0. The molecule has 96 valence electrons. The van der Waals surface area contributed by atoms with Crippen molar-refractivity contribution in [2.75, 3.05) is 6.54 Å². The molecule has 0 bridgehead atoms. The van der Waals surface area contributed by atoms with Gasteiger partial charge in [0.2, 0.25) is 0 Å². The number of nitrogens with one attached hydrogen (secondary N) is 1. The van der Waals surface area contributed by atoms with Crippen LogP contribution in [0.25, 0.3) is 0 Å². The summed E-state index contributed by atoms with van der Waals surface area (Å²) >= 11 is 0. The molecule has 0 spiro atoms. The summed E-state index contributed by atoms with van der Waals surface area (Å²) < 4.78 is 7.51. The van der Waals surface area contributed by atoms with Crippen LogP contribution >= 0.6 is 0 Å². The third kappa shape index (κ3) is 2.90. The van der Waals surface area contributed by atoms with Gasteiger partial charge in [0.15, 0.2) is 0 Å². The fourth-order valence-corrected chi connectivity index (χ4v) is 1.91. The van der Waals surface area contributed by atoms with E-state index in [1.165, 1.54) is 0 Å². The average Bonchev–Trinajstić information content (AvgIpc) is 3.01. The molecule has 18 heavy (non-hydrogen) atoms. The van der Waals surface area contributed by atoms with Gasteiger partial charge in [0.1, 0.15) is 17.6 Å². The fourth-order valence-electron chi connectivity index (χ4n) is 1.91. The number of allylic oxidation sites excluding steroid dienone is 1. The zero-order valence-corrected chi connectivity index (χ0v) is 10.8. The first kappa shape index (κ1) is 12.6. The quantitative estimate of drug-likeness (QED) is 0.628. The molecule has 0 aromatic carbocycles. The molecule has 0 aliphatic carbocycles. The van der Waals surface area contributed by atoms with Crippen LogP contribution in [0.15, 0.2) is 47.4 Å². The van der Waals surface area contributed by atoms with E-state index in [-0.39, 0.29) is 6.04 Å². The minimum Gasteiger partial charge on any atom is -0.467 e. The molecule has 0 radical (unpaired) electrons. The van der Waals surface area contributed by atoms with E-state index in [0.29, 0.717) is 0 Å². The van der Waals surface area contributed by atoms with Crippen LogP contribution in [0.2, 0.25) is 0 Å². The van der Waals surface area contributed by atoms with E-state index in [1.54, 1.807) is 12.5 Å². The van der Waals surface area contributed by atoms with Gasteiger partial charge in [0.05, 0.1) is 6.26 Å². The lowest BCUT2D eigenvalue weighted by Crippen LogP contribution is -2.25. The summed E-state index contributed by atoms with van der Waals surface area (Å²) in [4.78, 5) is 4.39. The lowest BCUT2D eigenvalue weighted by atomic mass is 10.2. The maximum absolute atomic E-state index is 5.50. The number of nitrogens with zero attached hydrogens (tertiary/aromatic N) is 2. The van der Waals surface area contributed by atoms with E-state index in [9.17, 15) is 0 Å². The van der Waals surface area contributed by atoms with E-state index >= 15 is 0 Å². The molecule has 2 aromatic heterocycles. The Labute approximate surface area is 107 Å². The van der Waals surface area contributed by atoms with Crippen molar-refractivity contribution in [1.29, 1.82) is 0 Å². The molecule has 0 aliphatic rings. The number of rotatable bonds is 6. The summed E-state index contributed by atoms with van der Waals surface area (Å²) in [5, 5.41) is 3.47. The highest BCUT2D eigenvalue weighted by atomic mass is 16.3. The zero-order chi connectivity index (χ0) is 12.8. The van der Waals surface area contributed by atoms with Crippen molar-refractivity contribution in [2.24, 2.45) is 7.05 Å². The van der Waals surface area contributed by atoms with Crippen molar-refractivity contribution in [3.63, 3.8) is 0 Å². The maximum Gasteiger partial charge on any atom is 0.133 e. The van der Waals surface area contributed by atoms with E-state index in [0.717, 1.165) is 24.6 Å². The Morgan fingerprint density at radius 3 is 3.06 bits per heavy atom. The molecular formula is C14H19N3O. The normalized spacial score (nSPS) is 13.2. The minimum atomic E-state index is 0.00487. The molecular weight excluding hydrogens is 226 g/mol. The molecule has 0 aliphatic heterocycles. The van der Waals surface area contributed by atoms with Crippen LogP contribution in [0.4, 0.5) is 0 Å². The van der Waals surface area contributed by atoms with Gasteiger partial charge in [-0.25, -0.2) is 4.98 Å². The van der Waals surface area contributed by atoms with Gasteiger partial charge in [-0.3, -0.25) is 0 Å². The van der Waals surface area contributed by atoms with Crippen LogP contribution in [0, 0.1) is 0 Å². The lowest BCUT2D eigenvalue weighted by molar-refractivity contribution is 0.432.